The SMILES string of the molecule is CCN(c1nc2c(s1)C(NC)CCC2)C(C)C. The molecule has 1 atom stereocenters. The number of hydrogen-bond donors (Lipinski definition) is 1. The smallest absolute Gasteiger partial charge is 0.186 e. The highest BCUT2D eigenvalue weighted by Crippen LogP contribution is 2.37. The van der Waals surface area contributed by atoms with Gasteiger partial charge in [-0.05, 0) is 47.1 Å². The van der Waals surface area contributed by atoms with E-state index in [1.165, 1.54) is 28.5 Å². The number of nitrogens with zero attached hydrogens (tertiary/aromatic N) is 2. The third-order valence-corrected chi connectivity index (χ3v) is 4.75. The molecule has 96 valence electrons. The van der Waals surface area contributed by atoms with Crippen LogP contribution in [0.2, 0.25) is 0 Å². The Morgan fingerprint density at radius 1 is 1.53 bits per heavy atom. The van der Waals surface area contributed by atoms with Crippen LogP contribution in [0.1, 0.15) is 50.2 Å². The fraction of sp³-hybridized carbons (Fsp3) is 0.769. The average molecular weight is 253 g/mol. The van der Waals surface area contributed by atoms with E-state index in [0.29, 0.717) is 12.1 Å². The fourth-order valence-electron chi connectivity index (χ4n) is 2.53. The minimum atomic E-state index is 0.524. The molecule has 1 N–H and O–H groups in total. The van der Waals surface area contributed by atoms with Crippen LogP contribution in [0.25, 0.3) is 0 Å². The number of aryl methyl sites for hydroxylation is 1. The van der Waals surface area contributed by atoms with Gasteiger partial charge in [-0.1, -0.05) is 11.3 Å². The van der Waals surface area contributed by atoms with Crippen LogP contribution in [0.15, 0.2) is 0 Å². The Labute approximate surface area is 108 Å². The van der Waals surface area contributed by atoms with Crippen LogP contribution in [0, 0.1) is 0 Å². The molecule has 0 fully saturated rings. The van der Waals surface area contributed by atoms with Gasteiger partial charge >= 0.3 is 0 Å². The second-order valence-corrected chi connectivity index (χ2v) is 5.93. The maximum atomic E-state index is 4.85. The molecule has 1 aliphatic carbocycles. The Hall–Kier alpha value is -0.610. The molecule has 0 saturated heterocycles. The second-order valence-electron chi connectivity index (χ2n) is 4.92. The largest absolute Gasteiger partial charge is 0.346 e. The zero-order valence-corrected chi connectivity index (χ0v) is 12.1. The molecule has 0 aliphatic heterocycles. The molecule has 0 aromatic carbocycles. The molecule has 0 saturated carbocycles. The van der Waals surface area contributed by atoms with E-state index in [1.807, 2.05) is 11.3 Å². The van der Waals surface area contributed by atoms with Gasteiger partial charge in [0.05, 0.1) is 5.69 Å². The summed E-state index contributed by atoms with van der Waals surface area (Å²) in [4.78, 5) is 8.70. The molecule has 3 nitrogen and oxygen atoms in total. The van der Waals surface area contributed by atoms with E-state index in [0.717, 1.165) is 13.0 Å². The van der Waals surface area contributed by atoms with Gasteiger partial charge in [0.1, 0.15) is 0 Å². The molecule has 1 aromatic heterocycles. The van der Waals surface area contributed by atoms with Crippen molar-refractivity contribution >= 4 is 16.5 Å². The third kappa shape index (κ3) is 2.47. The second kappa shape index (κ2) is 5.36. The summed E-state index contributed by atoms with van der Waals surface area (Å²) in [6.07, 6.45) is 3.66. The normalized spacial score (nSPS) is 19.5. The average Bonchev–Trinajstić information content (AvgIpc) is 2.72. The minimum Gasteiger partial charge on any atom is -0.346 e. The van der Waals surface area contributed by atoms with E-state index in [9.17, 15) is 0 Å². The number of aromatic nitrogens is 1. The van der Waals surface area contributed by atoms with Gasteiger partial charge in [0.15, 0.2) is 5.13 Å². The molecule has 1 aromatic rings. The van der Waals surface area contributed by atoms with E-state index < -0.39 is 0 Å². The van der Waals surface area contributed by atoms with E-state index in [4.69, 9.17) is 4.98 Å². The number of rotatable bonds is 4. The molecule has 1 aliphatic rings. The molecular weight excluding hydrogens is 230 g/mol. The van der Waals surface area contributed by atoms with Gasteiger partial charge in [0.2, 0.25) is 0 Å². The van der Waals surface area contributed by atoms with Crippen LogP contribution >= 0.6 is 11.3 Å². The maximum Gasteiger partial charge on any atom is 0.186 e. The van der Waals surface area contributed by atoms with Crippen molar-refractivity contribution in [3.8, 4) is 0 Å². The first-order valence-electron chi connectivity index (χ1n) is 6.60. The minimum absolute atomic E-state index is 0.524. The zero-order valence-electron chi connectivity index (χ0n) is 11.3. The lowest BCUT2D eigenvalue weighted by Crippen LogP contribution is -2.30. The summed E-state index contributed by atoms with van der Waals surface area (Å²) in [7, 11) is 2.05. The van der Waals surface area contributed by atoms with Crippen LogP contribution in [0.3, 0.4) is 0 Å². The lowest BCUT2D eigenvalue weighted by atomic mass is 9.98. The van der Waals surface area contributed by atoms with Crippen molar-refractivity contribution in [3.05, 3.63) is 10.6 Å². The lowest BCUT2D eigenvalue weighted by Gasteiger charge is -2.24. The first-order valence-corrected chi connectivity index (χ1v) is 7.42. The van der Waals surface area contributed by atoms with E-state index in [-0.39, 0.29) is 0 Å². The van der Waals surface area contributed by atoms with Crippen molar-refractivity contribution in [2.75, 3.05) is 18.5 Å². The standard InChI is InChI=1S/C13H23N3S/c1-5-16(9(2)3)13-15-11-8-6-7-10(14-4)12(11)17-13/h9-10,14H,5-8H2,1-4H3. The van der Waals surface area contributed by atoms with E-state index >= 15 is 0 Å². The van der Waals surface area contributed by atoms with Crippen molar-refractivity contribution in [2.45, 2.75) is 52.1 Å². The number of thiazole rings is 1. The topological polar surface area (TPSA) is 28.2 Å². The Morgan fingerprint density at radius 2 is 2.29 bits per heavy atom. The van der Waals surface area contributed by atoms with Crippen molar-refractivity contribution in [3.63, 3.8) is 0 Å². The third-order valence-electron chi connectivity index (χ3n) is 3.50. The van der Waals surface area contributed by atoms with Crippen molar-refractivity contribution in [1.29, 1.82) is 0 Å². The highest BCUT2D eigenvalue weighted by atomic mass is 32.1. The molecule has 1 unspecified atom stereocenters. The predicted molar refractivity (Wildman–Crippen MR) is 75.0 cm³/mol. The number of fused-ring (bicyclic) bond motifs is 1. The summed E-state index contributed by atoms with van der Waals surface area (Å²) < 4.78 is 0. The number of anilines is 1. The van der Waals surface area contributed by atoms with Crippen LogP contribution in [-0.2, 0) is 6.42 Å². The molecule has 0 bridgehead atoms. The highest BCUT2D eigenvalue weighted by Gasteiger charge is 2.25. The van der Waals surface area contributed by atoms with Crippen LogP contribution in [0.4, 0.5) is 5.13 Å². The van der Waals surface area contributed by atoms with Crippen molar-refractivity contribution in [2.24, 2.45) is 0 Å². The maximum absolute atomic E-state index is 4.85. The first kappa shape index (κ1) is 12.8. The highest BCUT2D eigenvalue weighted by molar-refractivity contribution is 7.15. The molecule has 2 rings (SSSR count). The Morgan fingerprint density at radius 3 is 2.88 bits per heavy atom. The van der Waals surface area contributed by atoms with E-state index in [2.05, 4.69) is 38.0 Å². The summed E-state index contributed by atoms with van der Waals surface area (Å²) in [5.41, 5.74) is 1.33. The van der Waals surface area contributed by atoms with Crippen LogP contribution in [0.5, 0.6) is 0 Å². The van der Waals surface area contributed by atoms with Gasteiger partial charge < -0.3 is 10.2 Å². The summed E-state index contributed by atoms with van der Waals surface area (Å²) in [6.45, 7) is 7.71. The van der Waals surface area contributed by atoms with Crippen molar-refractivity contribution < 1.29 is 0 Å². The first-order chi connectivity index (χ1) is 8.17. The Bertz CT molecular complexity index is 373. The molecule has 1 heterocycles. The van der Waals surface area contributed by atoms with Crippen LogP contribution in [-0.4, -0.2) is 24.6 Å². The Kier molecular flexibility index (Phi) is 4.05. The van der Waals surface area contributed by atoms with Gasteiger partial charge in [-0.25, -0.2) is 4.98 Å². The van der Waals surface area contributed by atoms with Gasteiger partial charge in [-0.2, -0.15) is 0 Å². The number of hydrogen-bond acceptors (Lipinski definition) is 4. The van der Waals surface area contributed by atoms with Gasteiger partial charge in [-0.15, -0.1) is 0 Å². The molecule has 0 spiro atoms. The fourth-order valence-corrected chi connectivity index (χ4v) is 3.98. The monoisotopic (exact) mass is 253 g/mol. The van der Waals surface area contributed by atoms with Crippen molar-refractivity contribution in [1.82, 2.24) is 10.3 Å². The predicted octanol–water partition coefficient (Wildman–Crippen LogP) is 2.97. The summed E-state index contributed by atoms with van der Waals surface area (Å²) >= 11 is 1.88. The molecule has 0 amide bonds. The summed E-state index contributed by atoms with van der Waals surface area (Å²) in [5.74, 6) is 0. The quantitative estimate of drug-likeness (QED) is 0.894. The van der Waals surface area contributed by atoms with Crippen LogP contribution < -0.4 is 10.2 Å². The van der Waals surface area contributed by atoms with Gasteiger partial charge in [0.25, 0.3) is 0 Å². The summed E-state index contributed by atoms with van der Waals surface area (Å²) in [5, 5.41) is 4.61. The lowest BCUT2D eigenvalue weighted by molar-refractivity contribution is 0.501. The number of nitrogens with one attached hydrogen (secondary N) is 1. The van der Waals surface area contributed by atoms with E-state index in [1.54, 1.807) is 0 Å². The molecule has 4 heteroatoms. The van der Waals surface area contributed by atoms with Gasteiger partial charge in [0, 0.05) is 23.5 Å². The van der Waals surface area contributed by atoms with Gasteiger partial charge in [-0.3, -0.25) is 0 Å². The summed E-state index contributed by atoms with van der Waals surface area (Å²) in [6, 6.07) is 1.05. The molecular formula is C13H23N3S. The molecule has 0 radical (unpaired) electrons. The Balaban J connectivity index is 2.29. The zero-order chi connectivity index (χ0) is 12.4. The molecule has 17 heavy (non-hydrogen) atoms.